The molecule has 3 rings (SSSR count). The van der Waals surface area contributed by atoms with E-state index in [0.29, 0.717) is 16.0 Å². The van der Waals surface area contributed by atoms with Crippen molar-refractivity contribution in [2.75, 3.05) is 6.54 Å². The number of fused-ring (bicyclic) bond motifs is 1. The number of carbonyl (C=O) groups is 2. The highest BCUT2D eigenvalue weighted by Crippen LogP contribution is 2.28. The van der Waals surface area contributed by atoms with Crippen molar-refractivity contribution in [1.29, 1.82) is 0 Å². The summed E-state index contributed by atoms with van der Waals surface area (Å²) in [5, 5.41) is 16.5. The molecule has 0 fully saturated rings. The fraction of sp³-hybridized carbons (Fsp3) is 0.125. The quantitative estimate of drug-likeness (QED) is 0.518. The second kappa shape index (κ2) is 7.14. The van der Waals surface area contributed by atoms with Gasteiger partial charge in [-0.05, 0) is 24.3 Å². The lowest BCUT2D eigenvalue weighted by atomic mass is 10.2. The van der Waals surface area contributed by atoms with Crippen LogP contribution in [-0.2, 0) is 11.3 Å². The van der Waals surface area contributed by atoms with Gasteiger partial charge in [0.2, 0.25) is 5.91 Å². The molecule has 0 atom stereocenters. The van der Waals surface area contributed by atoms with Crippen LogP contribution in [0.5, 0.6) is 0 Å². The SMILES string of the molecule is O=C(CNC(=O)c1cc2cc([N+](=O)[O-])ccc2s1)NCc1ccco1. The highest BCUT2D eigenvalue weighted by Gasteiger charge is 2.14. The van der Waals surface area contributed by atoms with Gasteiger partial charge >= 0.3 is 0 Å². The summed E-state index contributed by atoms with van der Waals surface area (Å²) in [5.41, 5.74) is -0.0328. The van der Waals surface area contributed by atoms with Gasteiger partial charge < -0.3 is 15.1 Å². The lowest BCUT2D eigenvalue weighted by molar-refractivity contribution is -0.384. The standard InChI is InChI=1S/C16H13N3O5S/c20-15(17-8-12-2-1-5-24-12)9-18-16(21)14-7-10-6-11(19(22)23)3-4-13(10)25-14/h1-7H,8-9H2,(H,17,20)(H,18,21). The number of amides is 2. The number of nitro groups is 1. The lowest BCUT2D eigenvalue weighted by Gasteiger charge is -2.04. The highest BCUT2D eigenvalue weighted by molar-refractivity contribution is 7.20. The second-order valence-electron chi connectivity index (χ2n) is 5.13. The van der Waals surface area contributed by atoms with Crippen LogP contribution in [0.15, 0.2) is 47.1 Å². The topological polar surface area (TPSA) is 114 Å². The third-order valence-corrected chi connectivity index (χ3v) is 4.50. The van der Waals surface area contributed by atoms with E-state index in [2.05, 4.69) is 10.6 Å². The number of nitrogens with one attached hydrogen (secondary N) is 2. The molecule has 2 aromatic heterocycles. The van der Waals surface area contributed by atoms with Crippen LogP contribution in [0.3, 0.4) is 0 Å². The van der Waals surface area contributed by atoms with Crippen LogP contribution in [0, 0.1) is 10.1 Å². The fourth-order valence-electron chi connectivity index (χ4n) is 2.17. The number of thiophene rings is 1. The van der Waals surface area contributed by atoms with Crippen LogP contribution >= 0.6 is 11.3 Å². The van der Waals surface area contributed by atoms with Crippen LogP contribution in [0.25, 0.3) is 10.1 Å². The summed E-state index contributed by atoms with van der Waals surface area (Å²) in [7, 11) is 0. The van der Waals surface area contributed by atoms with Gasteiger partial charge in [-0.15, -0.1) is 11.3 Å². The average molecular weight is 359 g/mol. The number of rotatable bonds is 6. The molecule has 0 bridgehead atoms. The summed E-state index contributed by atoms with van der Waals surface area (Å²) in [6.45, 7) is 0.0716. The Balaban J connectivity index is 1.58. The Hall–Kier alpha value is -3.20. The molecule has 0 saturated heterocycles. The Kier molecular flexibility index (Phi) is 4.75. The van der Waals surface area contributed by atoms with E-state index in [-0.39, 0.29) is 24.7 Å². The van der Waals surface area contributed by atoms with E-state index < -0.39 is 10.8 Å². The molecule has 1 aromatic carbocycles. The Bertz CT molecular complexity index is 933. The monoisotopic (exact) mass is 359 g/mol. The summed E-state index contributed by atoms with van der Waals surface area (Å²) in [5.74, 6) is -0.135. The van der Waals surface area contributed by atoms with Crippen molar-refractivity contribution in [3.63, 3.8) is 0 Å². The number of hydrogen-bond donors (Lipinski definition) is 2. The summed E-state index contributed by atoms with van der Waals surface area (Å²) in [6.07, 6.45) is 1.51. The van der Waals surface area contributed by atoms with Crippen LogP contribution in [0.4, 0.5) is 5.69 Å². The molecule has 2 amide bonds. The molecule has 0 spiro atoms. The van der Waals surface area contributed by atoms with E-state index in [4.69, 9.17) is 4.42 Å². The molecule has 25 heavy (non-hydrogen) atoms. The first kappa shape index (κ1) is 16.7. The van der Waals surface area contributed by atoms with Gasteiger partial charge in [-0.25, -0.2) is 0 Å². The van der Waals surface area contributed by atoms with Crippen molar-refractivity contribution in [1.82, 2.24) is 10.6 Å². The van der Waals surface area contributed by atoms with Crippen molar-refractivity contribution >= 4 is 38.9 Å². The zero-order chi connectivity index (χ0) is 17.8. The molecule has 0 radical (unpaired) electrons. The van der Waals surface area contributed by atoms with Gasteiger partial charge in [0.1, 0.15) is 5.76 Å². The Morgan fingerprint density at radius 2 is 2.04 bits per heavy atom. The number of benzene rings is 1. The van der Waals surface area contributed by atoms with E-state index in [0.717, 1.165) is 4.70 Å². The van der Waals surface area contributed by atoms with Gasteiger partial charge in [0.15, 0.2) is 0 Å². The first-order valence-corrected chi connectivity index (χ1v) is 8.10. The lowest BCUT2D eigenvalue weighted by Crippen LogP contribution is -2.36. The first-order chi connectivity index (χ1) is 12.0. The van der Waals surface area contributed by atoms with E-state index in [1.165, 1.54) is 29.7 Å². The van der Waals surface area contributed by atoms with E-state index in [9.17, 15) is 19.7 Å². The molecular weight excluding hydrogens is 346 g/mol. The van der Waals surface area contributed by atoms with Gasteiger partial charge in [-0.2, -0.15) is 0 Å². The number of nitro benzene ring substituents is 1. The molecule has 8 nitrogen and oxygen atoms in total. The van der Waals surface area contributed by atoms with Crippen LogP contribution in [0.1, 0.15) is 15.4 Å². The summed E-state index contributed by atoms with van der Waals surface area (Å²) in [6, 6.07) is 9.43. The van der Waals surface area contributed by atoms with Crippen LogP contribution in [0.2, 0.25) is 0 Å². The molecule has 128 valence electrons. The third kappa shape index (κ3) is 4.01. The number of hydrogen-bond acceptors (Lipinski definition) is 6. The van der Waals surface area contributed by atoms with Crippen molar-refractivity contribution in [2.45, 2.75) is 6.54 Å². The maximum atomic E-state index is 12.1. The maximum absolute atomic E-state index is 12.1. The maximum Gasteiger partial charge on any atom is 0.270 e. The Labute approximate surface area is 145 Å². The highest BCUT2D eigenvalue weighted by atomic mass is 32.1. The predicted molar refractivity (Wildman–Crippen MR) is 91.4 cm³/mol. The predicted octanol–water partition coefficient (Wildman–Crippen LogP) is 2.45. The van der Waals surface area contributed by atoms with Gasteiger partial charge in [0.25, 0.3) is 11.6 Å². The Morgan fingerprint density at radius 3 is 2.76 bits per heavy atom. The minimum absolute atomic E-state index is 0.0328. The minimum atomic E-state index is -0.486. The van der Waals surface area contributed by atoms with Gasteiger partial charge in [0.05, 0.1) is 29.2 Å². The van der Waals surface area contributed by atoms with Crippen molar-refractivity contribution < 1.29 is 18.9 Å². The first-order valence-electron chi connectivity index (χ1n) is 7.28. The molecule has 9 heteroatoms. The molecule has 0 aliphatic heterocycles. The van der Waals surface area contributed by atoms with Gasteiger partial charge in [-0.3, -0.25) is 19.7 Å². The number of non-ortho nitro benzene ring substituents is 1. The molecule has 0 aliphatic rings. The summed E-state index contributed by atoms with van der Waals surface area (Å²) >= 11 is 1.21. The van der Waals surface area contributed by atoms with E-state index >= 15 is 0 Å². The molecular formula is C16H13N3O5S. The van der Waals surface area contributed by atoms with Crippen LogP contribution < -0.4 is 10.6 Å². The van der Waals surface area contributed by atoms with Crippen molar-refractivity contribution in [3.05, 3.63) is 63.4 Å². The fourth-order valence-corrected chi connectivity index (χ4v) is 3.12. The van der Waals surface area contributed by atoms with Gasteiger partial charge in [-0.1, -0.05) is 0 Å². The molecule has 2 N–H and O–H groups in total. The number of nitrogens with zero attached hydrogens (tertiary/aromatic N) is 1. The molecule has 2 heterocycles. The zero-order valence-corrected chi connectivity index (χ0v) is 13.7. The Morgan fingerprint density at radius 1 is 1.20 bits per heavy atom. The molecule has 0 saturated carbocycles. The smallest absolute Gasteiger partial charge is 0.270 e. The minimum Gasteiger partial charge on any atom is -0.467 e. The second-order valence-corrected chi connectivity index (χ2v) is 6.21. The van der Waals surface area contributed by atoms with Crippen LogP contribution in [-0.4, -0.2) is 23.3 Å². The van der Waals surface area contributed by atoms with E-state index in [1.807, 2.05) is 0 Å². The third-order valence-electron chi connectivity index (χ3n) is 3.38. The van der Waals surface area contributed by atoms with Crippen molar-refractivity contribution in [2.24, 2.45) is 0 Å². The molecule has 0 aliphatic carbocycles. The molecule has 3 aromatic rings. The molecule has 0 unspecified atom stereocenters. The largest absolute Gasteiger partial charge is 0.467 e. The zero-order valence-electron chi connectivity index (χ0n) is 12.9. The van der Waals surface area contributed by atoms with E-state index in [1.54, 1.807) is 24.3 Å². The van der Waals surface area contributed by atoms with Crippen molar-refractivity contribution in [3.8, 4) is 0 Å². The number of furan rings is 1. The summed E-state index contributed by atoms with van der Waals surface area (Å²) in [4.78, 5) is 34.5. The summed E-state index contributed by atoms with van der Waals surface area (Å²) < 4.78 is 5.85. The normalized spacial score (nSPS) is 10.6. The number of carbonyl (C=O) groups excluding carboxylic acids is 2. The average Bonchev–Trinajstić information content (AvgIpc) is 3.26. The van der Waals surface area contributed by atoms with Gasteiger partial charge in [0, 0.05) is 22.2 Å².